The first kappa shape index (κ1) is 33.5. The van der Waals surface area contributed by atoms with E-state index in [2.05, 4.69) is 41.7 Å². The first-order valence-corrected chi connectivity index (χ1v) is 13.6. The third kappa shape index (κ3) is 20.9. The Bertz CT molecular complexity index is 704. The minimum atomic E-state index is -0.624. The molecule has 0 saturated heterocycles. The van der Waals surface area contributed by atoms with Gasteiger partial charge in [-0.15, -0.1) is 0 Å². The SMILES string of the molecule is CC(C)C.CCC[C@H](NC(=O)CNCCCC1CCCCC1)C(=O)NCC(N)=O.Cc1cccnc1. The van der Waals surface area contributed by atoms with Gasteiger partial charge in [-0.1, -0.05) is 72.3 Å². The third-order valence-corrected chi connectivity index (χ3v) is 5.45. The fraction of sp³-hybridized carbons (Fsp3) is 0.714. The molecule has 1 fully saturated rings. The van der Waals surface area contributed by atoms with Gasteiger partial charge in [0.1, 0.15) is 6.04 Å². The van der Waals surface area contributed by atoms with Gasteiger partial charge < -0.3 is 21.7 Å². The standard InChI is InChI=1S/C18H34N4O3.C6H7N.C4H10/c1-2-7-15(18(25)21-12-16(19)23)22-17(24)13-20-11-6-10-14-8-4-3-5-9-14;1-6-3-2-4-7-5-6;1-4(2)3/h14-15,20H,2-13H2,1H3,(H2,19,23)(H,21,25)(H,22,24);2-5H,1H3;4H,1-3H3/t15-;;/m0../s1. The number of aromatic nitrogens is 1. The molecular weight excluding hydrogens is 454 g/mol. The lowest BCUT2D eigenvalue weighted by atomic mass is 9.86. The molecule has 0 aliphatic heterocycles. The van der Waals surface area contributed by atoms with Gasteiger partial charge in [0.05, 0.1) is 13.1 Å². The molecule has 8 heteroatoms. The largest absolute Gasteiger partial charge is 0.368 e. The Hall–Kier alpha value is -2.48. The molecule has 0 aromatic carbocycles. The summed E-state index contributed by atoms with van der Waals surface area (Å²) in [6.07, 6.45) is 14.0. The van der Waals surface area contributed by atoms with E-state index in [0.717, 1.165) is 31.2 Å². The van der Waals surface area contributed by atoms with Gasteiger partial charge in [0.25, 0.3) is 0 Å². The molecule has 8 nitrogen and oxygen atoms in total. The smallest absolute Gasteiger partial charge is 0.243 e. The van der Waals surface area contributed by atoms with Crippen molar-refractivity contribution in [3.8, 4) is 0 Å². The average molecular weight is 506 g/mol. The van der Waals surface area contributed by atoms with Crippen molar-refractivity contribution in [2.24, 2.45) is 17.6 Å². The number of nitrogens with one attached hydrogen (secondary N) is 3. The summed E-state index contributed by atoms with van der Waals surface area (Å²) in [5.74, 6) is 0.512. The van der Waals surface area contributed by atoms with E-state index in [1.165, 1.54) is 44.1 Å². The molecule has 0 radical (unpaired) electrons. The van der Waals surface area contributed by atoms with Crippen LogP contribution in [0.5, 0.6) is 0 Å². The maximum Gasteiger partial charge on any atom is 0.243 e. The number of primary amides is 1. The average Bonchev–Trinajstić information content (AvgIpc) is 2.83. The second-order valence-electron chi connectivity index (χ2n) is 10.2. The molecular formula is C28H51N5O3. The Morgan fingerprint density at radius 2 is 1.78 bits per heavy atom. The van der Waals surface area contributed by atoms with Gasteiger partial charge >= 0.3 is 0 Å². The highest BCUT2D eigenvalue weighted by Crippen LogP contribution is 2.26. The van der Waals surface area contributed by atoms with Crippen LogP contribution in [-0.2, 0) is 14.4 Å². The highest BCUT2D eigenvalue weighted by atomic mass is 16.2. The van der Waals surface area contributed by atoms with Crippen LogP contribution >= 0.6 is 0 Å². The van der Waals surface area contributed by atoms with E-state index in [-0.39, 0.29) is 24.9 Å². The quantitative estimate of drug-likeness (QED) is 0.321. The summed E-state index contributed by atoms with van der Waals surface area (Å²) in [5.41, 5.74) is 6.22. The number of aryl methyl sites for hydroxylation is 1. The Morgan fingerprint density at radius 3 is 2.28 bits per heavy atom. The molecule has 3 amide bonds. The first-order chi connectivity index (χ1) is 17.1. The van der Waals surface area contributed by atoms with Crippen LogP contribution < -0.4 is 21.7 Å². The van der Waals surface area contributed by atoms with Crippen LogP contribution in [0.4, 0.5) is 0 Å². The molecule has 1 heterocycles. The molecule has 1 saturated carbocycles. The van der Waals surface area contributed by atoms with Crippen LogP contribution in [0.25, 0.3) is 0 Å². The lowest BCUT2D eigenvalue weighted by molar-refractivity contribution is -0.129. The lowest BCUT2D eigenvalue weighted by Gasteiger charge is -2.21. The molecule has 0 bridgehead atoms. The number of pyridine rings is 1. The van der Waals surface area contributed by atoms with E-state index in [0.29, 0.717) is 6.42 Å². The number of carbonyl (C=O) groups excluding carboxylic acids is 3. The van der Waals surface area contributed by atoms with Crippen molar-refractivity contribution in [1.29, 1.82) is 0 Å². The number of nitrogens with zero attached hydrogens (tertiary/aromatic N) is 1. The number of hydrogen-bond donors (Lipinski definition) is 4. The van der Waals surface area contributed by atoms with Gasteiger partial charge in [-0.3, -0.25) is 19.4 Å². The number of rotatable bonds is 12. The van der Waals surface area contributed by atoms with Gasteiger partial charge in [-0.05, 0) is 56.2 Å². The zero-order valence-electron chi connectivity index (χ0n) is 23.3. The summed E-state index contributed by atoms with van der Waals surface area (Å²) in [6.45, 7) is 11.3. The van der Waals surface area contributed by atoms with Crippen LogP contribution in [0.15, 0.2) is 24.5 Å². The zero-order valence-corrected chi connectivity index (χ0v) is 23.3. The topological polar surface area (TPSA) is 126 Å². The summed E-state index contributed by atoms with van der Waals surface area (Å²) < 4.78 is 0. The second kappa shape index (κ2) is 21.8. The van der Waals surface area contributed by atoms with E-state index in [1.807, 2.05) is 32.2 Å². The maximum absolute atomic E-state index is 12.0. The molecule has 1 aliphatic rings. The first-order valence-electron chi connectivity index (χ1n) is 13.6. The Kier molecular flexibility index (Phi) is 20.3. The molecule has 2 rings (SSSR count). The predicted octanol–water partition coefficient (Wildman–Crippen LogP) is 3.88. The minimum absolute atomic E-state index is 0.202. The van der Waals surface area contributed by atoms with Crippen molar-refractivity contribution in [3.05, 3.63) is 30.1 Å². The Morgan fingerprint density at radius 1 is 1.11 bits per heavy atom. The minimum Gasteiger partial charge on any atom is -0.368 e. The van der Waals surface area contributed by atoms with Crippen LogP contribution in [0.2, 0.25) is 0 Å². The van der Waals surface area contributed by atoms with Crippen LogP contribution in [0.1, 0.15) is 91.0 Å². The monoisotopic (exact) mass is 505 g/mol. The van der Waals surface area contributed by atoms with Gasteiger partial charge in [0.15, 0.2) is 0 Å². The highest BCUT2D eigenvalue weighted by Gasteiger charge is 2.19. The Labute approximate surface area is 219 Å². The van der Waals surface area contributed by atoms with Crippen molar-refractivity contribution in [2.75, 3.05) is 19.6 Å². The molecule has 1 aromatic heterocycles. The predicted molar refractivity (Wildman–Crippen MR) is 147 cm³/mol. The van der Waals surface area contributed by atoms with Crippen molar-refractivity contribution in [2.45, 2.75) is 98.4 Å². The maximum atomic E-state index is 12.0. The summed E-state index contributed by atoms with van der Waals surface area (Å²) in [4.78, 5) is 38.6. The van der Waals surface area contributed by atoms with E-state index in [9.17, 15) is 14.4 Å². The molecule has 0 spiro atoms. The zero-order chi connectivity index (χ0) is 27.2. The summed E-state index contributed by atoms with van der Waals surface area (Å²) in [5, 5.41) is 8.30. The molecule has 1 atom stereocenters. The van der Waals surface area contributed by atoms with Crippen molar-refractivity contribution in [3.63, 3.8) is 0 Å². The molecule has 5 N–H and O–H groups in total. The molecule has 1 aromatic rings. The van der Waals surface area contributed by atoms with Crippen LogP contribution in [0, 0.1) is 18.8 Å². The molecule has 0 unspecified atom stereocenters. The van der Waals surface area contributed by atoms with Gasteiger partial charge in [0, 0.05) is 12.4 Å². The van der Waals surface area contributed by atoms with Crippen molar-refractivity contribution >= 4 is 17.7 Å². The summed E-state index contributed by atoms with van der Waals surface area (Å²) in [7, 11) is 0. The van der Waals surface area contributed by atoms with Crippen LogP contribution in [0.3, 0.4) is 0 Å². The number of amides is 3. The molecule has 206 valence electrons. The van der Waals surface area contributed by atoms with E-state index >= 15 is 0 Å². The third-order valence-electron chi connectivity index (χ3n) is 5.45. The summed E-state index contributed by atoms with van der Waals surface area (Å²) in [6, 6.07) is 3.32. The van der Waals surface area contributed by atoms with Gasteiger partial charge in [-0.25, -0.2) is 0 Å². The summed E-state index contributed by atoms with van der Waals surface area (Å²) >= 11 is 0. The van der Waals surface area contributed by atoms with Crippen LogP contribution in [-0.4, -0.2) is 48.4 Å². The van der Waals surface area contributed by atoms with Crippen molar-refractivity contribution in [1.82, 2.24) is 20.9 Å². The number of carbonyl (C=O) groups is 3. The lowest BCUT2D eigenvalue weighted by Crippen LogP contribution is -2.50. The van der Waals surface area contributed by atoms with E-state index in [1.54, 1.807) is 6.20 Å². The Balaban J connectivity index is 0.000000913. The van der Waals surface area contributed by atoms with E-state index < -0.39 is 11.9 Å². The number of nitrogens with two attached hydrogens (primary N) is 1. The van der Waals surface area contributed by atoms with E-state index in [4.69, 9.17) is 5.73 Å². The van der Waals surface area contributed by atoms with Gasteiger partial charge in [-0.2, -0.15) is 0 Å². The molecule has 1 aliphatic carbocycles. The van der Waals surface area contributed by atoms with Gasteiger partial charge in [0.2, 0.25) is 17.7 Å². The number of hydrogen-bond acceptors (Lipinski definition) is 5. The highest BCUT2D eigenvalue weighted by molar-refractivity contribution is 5.90. The van der Waals surface area contributed by atoms with Crippen molar-refractivity contribution < 1.29 is 14.4 Å². The normalized spacial score (nSPS) is 13.9. The fourth-order valence-electron chi connectivity index (χ4n) is 3.74. The fourth-order valence-corrected chi connectivity index (χ4v) is 3.74. The molecule has 36 heavy (non-hydrogen) atoms. The second-order valence-corrected chi connectivity index (χ2v) is 10.2.